The average molecular weight is 555 g/mol. The molecule has 0 unspecified atom stereocenters. The minimum atomic E-state index is -0.833. The molecule has 8 heteroatoms. The van der Waals surface area contributed by atoms with E-state index in [1.54, 1.807) is 12.1 Å². The molecule has 0 spiro atoms. The Bertz CT molecular complexity index is 2090. The number of aromatic nitrogens is 3. The molecule has 3 heterocycles. The fourth-order valence-electron chi connectivity index (χ4n) is 5.13. The summed E-state index contributed by atoms with van der Waals surface area (Å²) in [7, 11) is 0. The lowest BCUT2D eigenvalue weighted by atomic mass is 9.97. The number of pyridine rings is 1. The van der Waals surface area contributed by atoms with Gasteiger partial charge < -0.3 is 15.4 Å². The van der Waals surface area contributed by atoms with Crippen LogP contribution in [0.15, 0.2) is 108 Å². The van der Waals surface area contributed by atoms with Crippen molar-refractivity contribution in [2.75, 3.05) is 5.73 Å². The van der Waals surface area contributed by atoms with Gasteiger partial charge in [0.1, 0.15) is 9.71 Å². The van der Waals surface area contributed by atoms with E-state index < -0.39 is 11.7 Å². The highest BCUT2D eigenvalue weighted by molar-refractivity contribution is 7.21. The fraction of sp³-hybridized carbons (Fsp3) is 0.0303. The number of hydrogen-bond acceptors (Lipinski definition) is 7. The first kappa shape index (κ1) is 24.7. The Morgan fingerprint density at radius 2 is 1.63 bits per heavy atom. The van der Waals surface area contributed by atoms with Crippen molar-refractivity contribution in [3.8, 4) is 34.0 Å². The predicted octanol–water partition coefficient (Wildman–Crippen LogP) is 6.24. The molecule has 7 aromatic rings. The number of nitrogens with two attached hydrogens (primary N) is 1. The number of hydrogen-bond donors (Lipinski definition) is 1. The molecule has 3 aromatic heterocycles. The van der Waals surface area contributed by atoms with Crippen LogP contribution in [0, 0.1) is 6.92 Å². The van der Waals surface area contributed by atoms with E-state index >= 15 is 0 Å². The molecule has 0 fully saturated rings. The van der Waals surface area contributed by atoms with Gasteiger partial charge in [0.05, 0.1) is 16.7 Å². The second-order valence-electron chi connectivity index (χ2n) is 9.76. The molecule has 2 N–H and O–H groups in total. The van der Waals surface area contributed by atoms with E-state index in [0.717, 1.165) is 50.1 Å². The third-order valence-corrected chi connectivity index (χ3v) is 8.26. The number of rotatable bonds is 5. The third kappa shape index (κ3) is 4.13. The third-order valence-electron chi connectivity index (χ3n) is 7.16. The first-order valence-electron chi connectivity index (χ1n) is 13.0. The SMILES string of the molecule is Cc1ccc(-[n+]2noc([O-])c2C(=O)c2sc3nc(-c4cccc5ccccc45)cc(-c4ccccc4)c3c2N)cc1. The van der Waals surface area contributed by atoms with Crippen molar-refractivity contribution in [2.24, 2.45) is 0 Å². The molecule has 4 aromatic carbocycles. The lowest BCUT2D eigenvalue weighted by Crippen LogP contribution is -2.39. The van der Waals surface area contributed by atoms with Crippen LogP contribution >= 0.6 is 11.3 Å². The minimum absolute atomic E-state index is 0.209. The molecule has 198 valence electrons. The van der Waals surface area contributed by atoms with Crippen LogP contribution in [-0.2, 0) is 0 Å². The highest BCUT2D eigenvalue weighted by atomic mass is 32.1. The van der Waals surface area contributed by atoms with Crippen molar-refractivity contribution in [1.29, 1.82) is 0 Å². The minimum Gasteiger partial charge on any atom is -0.539 e. The molecule has 0 bridgehead atoms. The van der Waals surface area contributed by atoms with Gasteiger partial charge in [-0.25, -0.2) is 4.98 Å². The Morgan fingerprint density at radius 1 is 0.902 bits per heavy atom. The van der Waals surface area contributed by atoms with Gasteiger partial charge in [-0.1, -0.05) is 90.5 Å². The van der Waals surface area contributed by atoms with E-state index in [2.05, 4.69) is 23.5 Å². The number of carbonyl (C=O) groups is 1. The van der Waals surface area contributed by atoms with Crippen molar-refractivity contribution in [3.63, 3.8) is 0 Å². The summed E-state index contributed by atoms with van der Waals surface area (Å²) in [5, 5.41) is 19.4. The van der Waals surface area contributed by atoms with Crippen LogP contribution in [0.25, 0.3) is 49.1 Å². The second-order valence-corrected chi connectivity index (χ2v) is 10.8. The van der Waals surface area contributed by atoms with Gasteiger partial charge >= 0.3 is 5.69 Å². The molecule has 0 radical (unpaired) electrons. The number of aryl methyl sites for hydroxylation is 1. The van der Waals surface area contributed by atoms with Gasteiger partial charge in [-0.3, -0.25) is 4.79 Å². The van der Waals surface area contributed by atoms with E-state index in [1.165, 1.54) is 4.68 Å². The molecular formula is C33H22N4O3S. The maximum absolute atomic E-state index is 13.9. The standard InChI is InChI=1S/C33H22N4O3S/c1-19-14-16-22(17-15-19)37-29(33(39)40-36-37)30(38)31-28(34)27-25(21-8-3-2-4-9-21)18-26(35-32(27)41-31)24-13-7-11-20-10-5-6-12-23(20)24/h2-18H,1H3,(H2-,34,36,38,39). The summed E-state index contributed by atoms with van der Waals surface area (Å²) in [5.41, 5.74) is 11.8. The zero-order valence-corrected chi connectivity index (χ0v) is 22.7. The largest absolute Gasteiger partial charge is 0.539 e. The lowest BCUT2D eigenvalue weighted by molar-refractivity contribution is -0.672. The summed E-state index contributed by atoms with van der Waals surface area (Å²) in [6.45, 7) is 1.95. The van der Waals surface area contributed by atoms with Crippen LogP contribution in [0.3, 0.4) is 0 Å². The van der Waals surface area contributed by atoms with Crippen molar-refractivity contribution in [2.45, 2.75) is 6.92 Å². The lowest BCUT2D eigenvalue weighted by Gasteiger charge is -2.11. The number of thiophene rings is 1. The summed E-state index contributed by atoms with van der Waals surface area (Å²) in [6, 6.07) is 33.4. The molecule has 0 saturated heterocycles. The average Bonchev–Trinajstić information content (AvgIpc) is 3.56. The molecular weight excluding hydrogens is 532 g/mol. The van der Waals surface area contributed by atoms with Crippen LogP contribution in [0.4, 0.5) is 5.69 Å². The second kappa shape index (κ2) is 9.69. The monoisotopic (exact) mass is 554 g/mol. The predicted molar refractivity (Wildman–Crippen MR) is 158 cm³/mol. The Kier molecular flexibility index (Phi) is 5.83. The van der Waals surface area contributed by atoms with Crippen molar-refractivity contribution in [1.82, 2.24) is 10.3 Å². The van der Waals surface area contributed by atoms with E-state index in [-0.39, 0.29) is 16.3 Å². The Balaban J connectivity index is 1.45. The van der Waals surface area contributed by atoms with E-state index in [0.29, 0.717) is 15.9 Å². The fourth-order valence-corrected chi connectivity index (χ4v) is 6.19. The van der Waals surface area contributed by atoms with Crippen LogP contribution < -0.4 is 15.5 Å². The van der Waals surface area contributed by atoms with Crippen LogP contribution in [-0.4, -0.2) is 16.0 Å². The topological polar surface area (TPSA) is 109 Å². The quantitative estimate of drug-likeness (QED) is 0.199. The molecule has 0 saturated carbocycles. The van der Waals surface area contributed by atoms with Gasteiger partial charge in [0, 0.05) is 23.1 Å². The first-order valence-corrected chi connectivity index (χ1v) is 13.8. The summed E-state index contributed by atoms with van der Waals surface area (Å²) in [6.07, 6.45) is 0. The van der Waals surface area contributed by atoms with Gasteiger partial charge in [-0.2, -0.15) is 0 Å². The summed E-state index contributed by atoms with van der Waals surface area (Å²) in [4.78, 5) is 19.7. The number of fused-ring (bicyclic) bond motifs is 2. The van der Waals surface area contributed by atoms with Gasteiger partial charge in [0.2, 0.25) is 5.69 Å². The smallest absolute Gasteiger partial charge is 0.312 e. The zero-order chi connectivity index (χ0) is 28.1. The number of ketones is 1. The first-order chi connectivity index (χ1) is 20.0. The van der Waals surface area contributed by atoms with Gasteiger partial charge in [-0.15, -0.1) is 11.3 Å². The van der Waals surface area contributed by atoms with Gasteiger partial charge in [-0.05, 0) is 39.6 Å². The van der Waals surface area contributed by atoms with E-state index in [4.69, 9.17) is 15.2 Å². The maximum Gasteiger partial charge on any atom is 0.312 e. The summed E-state index contributed by atoms with van der Waals surface area (Å²) in [5.74, 6) is -1.40. The Labute approximate surface area is 238 Å². The summed E-state index contributed by atoms with van der Waals surface area (Å²) < 4.78 is 6.16. The van der Waals surface area contributed by atoms with E-state index in [9.17, 15) is 9.90 Å². The van der Waals surface area contributed by atoms with Crippen molar-refractivity contribution < 1.29 is 19.1 Å². The number of benzene rings is 4. The van der Waals surface area contributed by atoms with Crippen molar-refractivity contribution >= 4 is 43.8 Å². The van der Waals surface area contributed by atoms with E-state index in [1.807, 2.05) is 79.7 Å². The highest BCUT2D eigenvalue weighted by Gasteiger charge is 2.33. The Hall–Kier alpha value is -5.34. The van der Waals surface area contributed by atoms with Gasteiger partial charge in [0.25, 0.3) is 5.78 Å². The number of carbonyl (C=O) groups excluding carboxylic acids is 1. The maximum atomic E-state index is 13.9. The molecule has 0 aliphatic heterocycles. The highest BCUT2D eigenvalue weighted by Crippen LogP contribution is 2.43. The molecule has 7 rings (SSSR count). The van der Waals surface area contributed by atoms with Gasteiger partial charge in [0.15, 0.2) is 5.95 Å². The Morgan fingerprint density at radius 3 is 2.44 bits per heavy atom. The molecule has 0 aliphatic carbocycles. The number of nitrogens with zero attached hydrogens (tertiary/aromatic N) is 3. The van der Waals surface area contributed by atoms with Crippen LogP contribution in [0.1, 0.15) is 20.9 Å². The molecule has 0 aliphatic rings. The zero-order valence-electron chi connectivity index (χ0n) is 21.9. The van der Waals surface area contributed by atoms with Crippen molar-refractivity contribution in [3.05, 3.63) is 119 Å². The molecule has 0 amide bonds. The van der Waals surface area contributed by atoms with Crippen LogP contribution in [0.5, 0.6) is 5.95 Å². The molecule has 41 heavy (non-hydrogen) atoms. The van der Waals surface area contributed by atoms with Crippen LogP contribution in [0.2, 0.25) is 0 Å². The normalized spacial score (nSPS) is 11.3. The molecule has 0 atom stereocenters. The number of nitrogen functional groups attached to an aromatic ring is 1. The summed E-state index contributed by atoms with van der Waals surface area (Å²) >= 11 is 1.16. The number of anilines is 1. The molecule has 7 nitrogen and oxygen atoms in total.